The van der Waals surface area contributed by atoms with Gasteiger partial charge in [0.2, 0.25) is 0 Å². The summed E-state index contributed by atoms with van der Waals surface area (Å²) in [5.74, 6) is 0. The molecule has 0 fully saturated rings. The van der Waals surface area contributed by atoms with Gasteiger partial charge in [-0.05, 0) is 13.0 Å². The molecule has 0 unspecified atom stereocenters. The van der Waals surface area contributed by atoms with Gasteiger partial charge in [-0.15, -0.1) is 0 Å². The minimum atomic E-state index is 0.118. The van der Waals surface area contributed by atoms with Gasteiger partial charge in [-0.1, -0.05) is 0 Å². The molecule has 0 saturated carbocycles. The standard InChI is InChI=1S/C4H10BO2/c5-7-4-2-1-3-6/h3H,1-2,4H2,5H3/q-1. The maximum atomic E-state index is 9.64. The van der Waals surface area contributed by atoms with Gasteiger partial charge in [0, 0.05) is 6.42 Å². The Morgan fingerprint density at radius 2 is 2.43 bits per heavy atom. The second-order valence-electron chi connectivity index (χ2n) is 1.01. The van der Waals surface area contributed by atoms with Crippen LogP contribution in [0.25, 0.3) is 0 Å². The van der Waals surface area contributed by atoms with E-state index in [0.29, 0.717) is 6.42 Å². The zero-order valence-corrected chi connectivity index (χ0v) is 3.52. The van der Waals surface area contributed by atoms with E-state index < -0.39 is 0 Å². The van der Waals surface area contributed by atoms with Crippen molar-refractivity contribution >= 4 is 14.3 Å². The maximum Gasteiger partial charge on any atom is 0.120 e. The molecule has 0 aromatic rings. The molecule has 3 heteroatoms. The van der Waals surface area contributed by atoms with E-state index in [1.54, 1.807) is 0 Å². The molecule has 2 nitrogen and oxygen atoms in total. The van der Waals surface area contributed by atoms with Crippen LogP contribution in [-0.4, -0.2) is 20.9 Å². The summed E-state index contributed by atoms with van der Waals surface area (Å²) >= 11 is 0. The van der Waals surface area contributed by atoms with Crippen LogP contribution in [0.2, 0.25) is 0 Å². The van der Waals surface area contributed by atoms with Crippen molar-refractivity contribution in [2.24, 2.45) is 0 Å². The number of rotatable bonds is 4. The van der Waals surface area contributed by atoms with Gasteiger partial charge < -0.3 is 9.45 Å². The predicted molar refractivity (Wildman–Crippen MR) is 31.2 cm³/mol. The zero-order valence-electron chi connectivity index (χ0n) is 3.52. The maximum absolute atomic E-state index is 9.64. The van der Waals surface area contributed by atoms with Crippen molar-refractivity contribution < 1.29 is 9.45 Å². The molecular weight excluding hydrogens is 90.9 g/mol. The van der Waals surface area contributed by atoms with Gasteiger partial charge >= 0.3 is 0 Å². The van der Waals surface area contributed by atoms with Crippen LogP contribution in [0.4, 0.5) is 0 Å². The number of aldehydes is 1. The van der Waals surface area contributed by atoms with Crippen molar-refractivity contribution in [1.82, 2.24) is 0 Å². The second kappa shape index (κ2) is 5.69. The van der Waals surface area contributed by atoms with E-state index in [1.807, 2.05) is 0 Å². The molecule has 0 aliphatic rings. The highest BCUT2D eigenvalue weighted by Gasteiger charge is 1.77. The summed E-state index contributed by atoms with van der Waals surface area (Å²) in [4.78, 5) is 9.64. The van der Waals surface area contributed by atoms with Crippen molar-refractivity contribution in [2.45, 2.75) is 12.8 Å². The van der Waals surface area contributed by atoms with Crippen molar-refractivity contribution in [3.05, 3.63) is 0 Å². The lowest BCUT2D eigenvalue weighted by molar-refractivity contribution is -0.108. The molecule has 0 aliphatic heterocycles. The third-order valence-electron chi connectivity index (χ3n) is 0.466. The van der Waals surface area contributed by atoms with E-state index in [4.69, 9.17) is 4.65 Å². The number of hydrogen-bond acceptors (Lipinski definition) is 2. The van der Waals surface area contributed by atoms with E-state index in [0.717, 1.165) is 19.3 Å². The molecule has 0 aromatic heterocycles. The minimum Gasteiger partial charge on any atom is -0.599 e. The lowest BCUT2D eigenvalue weighted by atomic mass is 10.3. The Morgan fingerprint density at radius 1 is 1.71 bits per heavy atom. The third-order valence-corrected chi connectivity index (χ3v) is 0.466. The molecule has 0 aliphatic carbocycles. The molecule has 7 heavy (non-hydrogen) atoms. The van der Waals surface area contributed by atoms with E-state index in [9.17, 15) is 4.79 Å². The summed E-state index contributed by atoms with van der Waals surface area (Å²) in [5.41, 5.74) is 0. The Balaban J connectivity index is 2.56. The first-order chi connectivity index (χ1) is 3.41. The van der Waals surface area contributed by atoms with Crippen LogP contribution in [0, 0.1) is 0 Å². The molecule has 0 radical (unpaired) electrons. The summed E-state index contributed by atoms with van der Waals surface area (Å²) in [6.07, 6.45) is 2.50. The van der Waals surface area contributed by atoms with Crippen LogP contribution in [-0.2, 0) is 9.45 Å². The van der Waals surface area contributed by atoms with E-state index in [1.165, 1.54) is 0 Å². The van der Waals surface area contributed by atoms with Gasteiger partial charge in [-0.3, -0.25) is 0 Å². The lowest BCUT2D eigenvalue weighted by Gasteiger charge is -1.96. The van der Waals surface area contributed by atoms with Crippen LogP contribution >= 0.6 is 0 Å². The van der Waals surface area contributed by atoms with Crippen LogP contribution in [0.5, 0.6) is 0 Å². The van der Waals surface area contributed by atoms with Gasteiger partial charge in [0.15, 0.2) is 0 Å². The molecule has 42 valence electrons. The van der Waals surface area contributed by atoms with E-state index >= 15 is 0 Å². The van der Waals surface area contributed by atoms with Crippen molar-refractivity contribution in [1.29, 1.82) is 0 Å². The summed E-state index contributed by atoms with van der Waals surface area (Å²) in [6, 6.07) is 0. The number of unbranched alkanes of at least 4 members (excludes halogenated alkanes) is 1. The van der Waals surface area contributed by atoms with Crippen LogP contribution in [0.15, 0.2) is 0 Å². The first-order valence-corrected chi connectivity index (χ1v) is 1.93. The number of hydrogen-bond donors (Lipinski definition) is 0. The second-order valence-corrected chi connectivity index (χ2v) is 1.01. The Labute approximate surface area is 44.3 Å². The Morgan fingerprint density at radius 3 is 2.86 bits per heavy atom. The highest BCUT2D eigenvalue weighted by atomic mass is 16.4. The largest absolute Gasteiger partial charge is 0.599 e. The van der Waals surface area contributed by atoms with E-state index in [2.05, 4.69) is 0 Å². The summed E-state index contributed by atoms with van der Waals surface area (Å²) < 4.78 is 4.94. The quantitative estimate of drug-likeness (QED) is 0.265. The van der Waals surface area contributed by atoms with Gasteiger partial charge in [0.25, 0.3) is 0 Å². The first kappa shape index (κ1) is 6.69. The van der Waals surface area contributed by atoms with Crippen LogP contribution < -0.4 is 0 Å². The highest BCUT2D eigenvalue weighted by molar-refractivity contribution is 5.97. The molecule has 0 rings (SSSR count). The lowest BCUT2D eigenvalue weighted by Crippen LogP contribution is -1.88. The molecular formula is C4H10BO2-. The van der Waals surface area contributed by atoms with Crippen LogP contribution in [0.3, 0.4) is 0 Å². The fraction of sp³-hybridized carbons (Fsp3) is 0.750. The summed E-state index contributed by atoms with van der Waals surface area (Å²) in [5, 5.41) is 0. The molecule has 0 N–H and O–H groups in total. The molecule has 0 spiro atoms. The Kier molecular flexibility index (Phi) is 5.45. The average molecular weight is 101 g/mol. The van der Waals surface area contributed by atoms with Gasteiger partial charge in [-0.25, -0.2) is 0 Å². The summed E-state index contributed by atoms with van der Waals surface area (Å²) in [7, 11) is 0.118. The molecule has 0 saturated heterocycles. The van der Waals surface area contributed by atoms with Crippen molar-refractivity contribution in [3.8, 4) is 0 Å². The Hall–Kier alpha value is -0.305. The Bertz CT molecular complexity index is 47.0. The molecule has 0 aromatic carbocycles. The minimum absolute atomic E-state index is 0.118. The predicted octanol–water partition coefficient (Wildman–Crippen LogP) is -0.738. The number of carbonyl (C=O) groups is 1. The van der Waals surface area contributed by atoms with Gasteiger partial charge in [0.05, 0.1) is 8.05 Å². The average Bonchev–Trinajstić information content (AvgIpc) is 1.69. The highest BCUT2D eigenvalue weighted by Crippen LogP contribution is 1.81. The molecule has 0 bridgehead atoms. The first-order valence-electron chi connectivity index (χ1n) is 1.93. The van der Waals surface area contributed by atoms with Gasteiger partial charge in [0.1, 0.15) is 6.29 Å². The molecule has 0 heterocycles. The monoisotopic (exact) mass is 101 g/mol. The van der Waals surface area contributed by atoms with Gasteiger partial charge in [-0.2, -0.15) is 0 Å². The molecule has 0 atom stereocenters. The normalized spacial score (nSPS) is 8.71. The van der Waals surface area contributed by atoms with Crippen molar-refractivity contribution in [3.63, 3.8) is 0 Å². The zero-order chi connectivity index (χ0) is 5.54. The SMILES string of the molecule is [BH3-]OCCCC=O. The fourth-order valence-corrected chi connectivity index (χ4v) is 0.167. The number of carbonyl (C=O) groups excluding carboxylic acids is 1. The van der Waals surface area contributed by atoms with E-state index in [-0.39, 0.29) is 8.05 Å². The smallest absolute Gasteiger partial charge is 0.120 e. The topological polar surface area (TPSA) is 26.3 Å². The fourth-order valence-electron chi connectivity index (χ4n) is 0.167. The summed E-state index contributed by atoms with van der Waals surface area (Å²) in [6.45, 7) is 0.804. The van der Waals surface area contributed by atoms with Crippen LogP contribution in [0.1, 0.15) is 12.8 Å². The molecule has 0 amide bonds. The van der Waals surface area contributed by atoms with Crippen molar-refractivity contribution in [2.75, 3.05) is 6.61 Å². The third kappa shape index (κ3) is 5.69.